The lowest BCUT2D eigenvalue weighted by atomic mass is 9.85. The molecule has 0 aliphatic rings. The maximum Gasteiger partial charge on any atom is 0.159 e. The van der Waals surface area contributed by atoms with Crippen molar-refractivity contribution in [3.8, 4) is 0 Å². The molecule has 0 fully saturated rings. The molecule has 4 heteroatoms. The van der Waals surface area contributed by atoms with Crippen LogP contribution in [0.3, 0.4) is 0 Å². The Balaban J connectivity index is 2.50. The minimum atomic E-state index is -1.09. The van der Waals surface area contributed by atoms with E-state index in [0.717, 1.165) is 12.1 Å². The van der Waals surface area contributed by atoms with Crippen LogP contribution in [-0.2, 0) is 5.54 Å². The molecule has 2 aromatic rings. The van der Waals surface area contributed by atoms with Crippen LogP contribution in [0.4, 0.5) is 13.2 Å². The number of hydrogen-bond acceptors (Lipinski definition) is 1. The first kappa shape index (κ1) is 12.6. The van der Waals surface area contributed by atoms with Crippen LogP contribution >= 0.6 is 0 Å². The summed E-state index contributed by atoms with van der Waals surface area (Å²) < 4.78 is 39.2. The molecule has 0 saturated heterocycles. The molecule has 0 radical (unpaired) electrons. The molecule has 2 N–H and O–H groups in total. The normalized spacial score (nSPS) is 14.3. The van der Waals surface area contributed by atoms with Crippen molar-refractivity contribution >= 4 is 0 Å². The maximum absolute atomic E-state index is 13.2. The van der Waals surface area contributed by atoms with E-state index in [2.05, 4.69) is 0 Å². The first-order valence-electron chi connectivity index (χ1n) is 5.42. The van der Waals surface area contributed by atoms with Gasteiger partial charge in [0.15, 0.2) is 11.6 Å². The number of halogens is 3. The highest BCUT2D eigenvalue weighted by molar-refractivity contribution is 5.37. The molecule has 1 atom stereocenters. The van der Waals surface area contributed by atoms with Crippen molar-refractivity contribution in [1.29, 1.82) is 0 Å². The fraction of sp³-hybridized carbons (Fsp3) is 0.143. The molecule has 2 rings (SSSR count). The van der Waals surface area contributed by atoms with E-state index < -0.39 is 23.0 Å². The van der Waals surface area contributed by atoms with Gasteiger partial charge in [0.05, 0.1) is 5.54 Å². The zero-order valence-corrected chi connectivity index (χ0v) is 9.75. The average molecular weight is 251 g/mol. The van der Waals surface area contributed by atoms with Gasteiger partial charge in [-0.05, 0) is 42.3 Å². The summed E-state index contributed by atoms with van der Waals surface area (Å²) in [5, 5.41) is 0. The van der Waals surface area contributed by atoms with Gasteiger partial charge in [0.25, 0.3) is 0 Å². The quantitative estimate of drug-likeness (QED) is 0.870. The minimum Gasteiger partial charge on any atom is -0.318 e. The fourth-order valence-corrected chi connectivity index (χ4v) is 1.80. The molecule has 18 heavy (non-hydrogen) atoms. The second-order valence-corrected chi connectivity index (χ2v) is 4.34. The van der Waals surface area contributed by atoms with Crippen molar-refractivity contribution in [2.24, 2.45) is 5.73 Å². The van der Waals surface area contributed by atoms with E-state index in [0.29, 0.717) is 11.1 Å². The number of nitrogens with two attached hydrogens (primary N) is 1. The molecule has 0 heterocycles. The van der Waals surface area contributed by atoms with Crippen LogP contribution in [-0.4, -0.2) is 0 Å². The third-order valence-electron chi connectivity index (χ3n) is 2.94. The highest BCUT2D eigenvalue weighted by Crippen LogP contribution is 2.27. The zero-order chi connectivity index (χ0) is 13.3. The first-order chi connectivity index (χ1) is 8.41. The molecule has 1 unspecified atom stereocenters. The molecule has 0 aromatic heterocycles. The Morgan fingerprint density at radius 2 is 1.56 bits per heavy atom. The van der Waals surface area contributed by atoms with Crippen LogP contribution in [0.5, 0.6) is 0 Å². The van der Waals surface area contributed by atoms with Crippen LogP contribution in [0, 0.1) is 17.5 Å². The van der Waals surface area contributed by atoms with Crippen LogP contribution in [0.15, 0.2) is 42.5 Å². The Morgan fingerprint density at radius 1 is 0.889 bits per heavy atom. The van der Waals surface area contributed by atoms with Crippen molar-refractivity contribution in [1.82, 2.24) is 0 Å². The first-order valence-corrected chi connectivity index (χ1v) is 5.42. The van der Waals surface area contributed by atoms with E-state index in [1.807, 2.05) is 0 Å². The van der Waals surface area contributed by atoms with E-state index in [1.54, 1.807) is 13.0 Å². The van der Waals surface area contributed by atoms with Crippen molar-refractivity contribution in [3.63, 3.8) is 0 Å². The Bertz CT molecular complexity index is 579. The van der Waals surface area contributed by atoms with E-state index >= 15 is 0 Å². The predicted molar refractivity (Wildman–Crippen MR) is 63.4 cm³/mol. The van der Waals surface area contributed by atoms with Gasteiger partial charge in [-0.1, -0.05) is 18.2 Å². The summed E-state index contributed by atoms with van der Waals surface area (Å²) in [6, 6.07) is 9.17. The molecule has 2 aromatic carbocycles. The van der Waals surface area contributed by atoms with Gasteiger partial charge in [0, 0.05) is 0 Å². The Hall–Kier alpha value is -1.81. The van der Waals surface area contributed by atoms with Crippen LogP contribution in [0.25, 0.3) is 0 Å². The lowest BCUT2D eigenvalue weighted by Crippen LogP contribution is -2.34. The fourth-order valence-electron chi connectivity index (χ4n) is 1.80. The zero-order valence-electron chi connectivity index (χ0n) is 9.75. The number of rotatable bonds is 2. The Labute approximate surface area is 103 Å². The number of benzene rings is 2. The van der Waals surface area contributed by atoms with E-state index in [-0.39, 0.29) is 0 Å². The van der Waals surface area contributed by atoms with Crippen molar-refractivity contribution in [3.05, 3.63) is 71.0 Å². The molecular formula is C14H12F3N. The van der Waals surface area contributed by atoms with Crippen LogP contribution in [0.1, 0.15) is 18.1 Å². The van der Waals surface area contributed by atoms with Gasteiger partial charge >= 0.3 is 0 Å². The van der Waals surface area contributed by atoms with E-state index in [1.165, 1.54) is 24.3 Å². The van der Waals surface area contributed by atoms with Gasteiger partial charge in [-0.2, -0.15) is 0 Å². The molecule has 0 aliphatic heterocycles. The summed E-state index contributed by atoms with van der Waals surface area (Å²) in [4.78, 5) is 0. The molecular weight excluding hydrogens is 239 g/mol. The maximum atomic E-state index is 13.2. The molecule has 0 saturated carbocycles. The summed E-state index contributed by atoms with van der Waals surface area (Å²) in [6.07, 6.45) is 0. The Kier molecular flexibility index (Phi) is 3.13. The third kappa shape index (κ3) is 2.24. The largest absolute Gasteiger partial charge is 0.318 e. The highest BCUT2D eigenvalue weighted by atomic mass is 19.2. The van der Waals surface area contributed by atoms with Gasteiger partial charge in [-0.3, -0.25) is 0 Å². The van der Waals surface area contributed by atoms with Gasteiger partial charge < -0.3 is 5.73 Å². The monoisotopic (exact) mass is 251 g/mol. The number of hydrogen-bond donors (Lipinski definition) is 1. The van der Waals surface area contributed by atoms with Gasteiger partial charge in [-0.25, -0.2) is 13.2 Å². The Morgan fingerprint density at radius 3 is 2.17 bits per heavy atom. The highest BCUT2D eigenvalue weighted by Gasteiger charge is 2.25. The topological polar surface area (TPSA) is 26.0 Å². The second-order valence-electron chi connectivity index (χ2n) is 4.34. The summed E-state index contributed by atoms with van der Waals surface area (Å²) in [6.45, 7) is 1.62. The predicted octanol–water partition coefficient (Wildman–Crippen LogP) is 3.33. The molecule has 0 spiro atoms. The van der Waals surface area contributed by atoms with Gasteiger partial charge in [0.2, 0.25) is 0 Å². The molecule has 94 valence electrons. The standard InChI is InChI=1S/C14H12F3N/c1-14(18,9-3-2-4-11(15)7-9)10-5-6-12(16)13(17)8-10/h2-8H,18H2,1H3. The average Bonchev–Trinajstić information content (AvgIpc) is 2.32. The summed E-state index contributed by atoms with van der Waals surface area (Å²) in [7, 11) is 0. The van der Waals surface area contributed by atoms with E-state index in [4.69, 9.17) is 5.73 Å². The molecule has 0 aliphatic carbocycles. The molecule has 0 amide bonds. The SMILES string of the molecule is CC(N)(c1cccc(F)c1)c1ccc(F)c(F)c1. The lowest BCUT2D eigenvalue weighted by molar-refractivity contribution is 0.499. The van der Waals surface area contributed by atoms with Crippen molar-refractivity contribution in [2.75, 3.05) is 0 Å². The smallest absolute Gasteiger partial charge is 0.159 e. The second kappa shape index (κ2) is 4.46. The van der Waals surface area contributed by atoms with Crippen LogP contribution in [0.2, 0.25) is 0 Å². The summed E-state index contributed by atoms with van der Waals surface area (Å²) in [5.74, 6) is -2.33. The summed E-state index contributed by atoms with van der Waals surface area (Å²) >= 11 is 0. The van der Waals surface area contributed by atoms with E-state index in [9.17, 15) is 13.2 Å². The summed E-state index contributed by atoms with van der Waals surface area (Å²) in [5.41, 5.74) is 5.88. The lowest BCUT2D eigenvalue weighted by Gasteiger charge is -2.26. The molecule has 1 nitrogen and oxygen atoms in total. The third-order valence-corrected chi connectivity index (χ3v) is 2.94. The minimum absolute atomic E-state index is 0.381. The van der Waals surface area contributed by atoms with Gasteiger partial charge in [0.1, 0.15) is 5.82 Å². The molecule has 0 bridgehead atoms. The van der Waals surface area contributed by atoms with Crippen molar-refractivity contribution < 1.29 is 13.2 Å². The van der Waals surface area contributed by atoms with Crippen LogP contribution < -0.4 is 5.73 Å². The van der Waals surface area contributed by atoms with Crippen molar-refractivity contribution in [2.45, 2.75) is 12.5 Å². The van der Waals surface area contributed by atoms with Gasteiger partial charge in [-0.15, -0.1) is 0 Å².